The quantitative estimate of drug-likeness (QED) is 0.601. The third-order valence-electron chi connectivity index (χ3n) is 3.86. The summed E-state index contributed by atoms with van der Waals surface area (Å²) >= 11 is 0. The fourth-order valence-electron chi connectivity index (χ4n) is 2.77. The van der Waals surface area contributed by atoms with E-state index in [9.17, 15) is 0 Å². The SMILES string of the molecule is CCCC(OC)C(Cc1cccc2ccccc12)NN. The molecule has 2 atom stereocenters. The number of benzene rings is 2. The molecule has 20 heavy (non-hydrogen) atoms. The molecule has 0 aliphatic heterocycles. The minimum Gasteiger partial charge on any atom is -0.380 e. The fraction of sp³-hybridized carbons (Fsp3) is 0.412. The number of methoxy groups -OCH3 is 1. The van der Waals surface area contributed by atoms with Crippen molar-refractivity contribution in [1.29, 1.82) is 0 Å². The number of hydrogen-bond donors (Lipinski definition) is 2. The van der Waals surface area contributed by atoms with Gasteiger partial charge in [-0.05, 0) is 29.2 Å². The summed E-state index contributed by atoms with van der Waals surface area (Å²) in [5, 5.41) is 2.56. The van der Waals surface area contributed by atoms with E-state index in [0.29, 0.717) is 0 Å². The van der Waals surface area contributed by atoms with E-state index in [1.165, 1.54) is 16.3 Å². The lowest BCUT2D eigenvalue weighted by atomic mass is 9.95. The van der Waals surface area contributed by atoms with Crippen molar-refractivity contribution in [3.8, 4) is 0 Å². The number of ether oxygens (including phenoxy) is 1. The third kappa shape index (κ3) is 3.37. The summed E-state index contributed by atoms with van der Waals surface area (Å²) in [6.45, 7) is 2.16. The highest BCUT2D eigenvalue weighted by atomic mass is 16.5. The van der Waals surface area contributed by atoms with Gasteiger partial charge < -0.3 is 4.74 Å². The Labute approximate surface area is 121 Å². The summed E-state index contributed by atoms with van der Waals surface area (Å²) in [5.74, 6) is 5.74. The lowest BCUT2D eigenvalue weighted by Crippen LogP contribution is -2.46. The van der Waals surface area contributed by atoms with E-state index in [1.807, 2.05) is 0 Å². The number of hydrogen-bond acceptors (Lipinski definition) is 3. The molecule has 2 aromatic rings. The number of nitrogens with one attached hydrogen (secondary N) is 1. The highest BCUT2D eigenvalue weighted by Gasteiger charge is 2.20. The smallest absolute Gasteiger partial charge is 0.0740 e. The van der Waals surface area contributed by atoms with E-state index in [-0.39, 0.29) is 12.1 Å². The Morgan fingerprint density at radius 2 is 1.90 bits per heavy atom. The van der Waals surface area contributed by atoms with Crippen LogP contribution in [-0.2, 0) is 11.2 Å². The van der Waals surface area contributed by atoms with Crippen LogP contribution < -0.4 is 11.3 Å². The van der Waals surface area contributed by atoms with Gasteiger partial charge in [0.1, 0.15) is 0 Å². The van der Waals surface area contributed by atoms with E-state index in [0.717, 1.165) is 19.3 Å². The standard InChI is InChI=1S/C17H24N2O/c1-3-7-17(20-2)16(19-18)12-14-10-6-9-13-8-4-5-11-15(13)14/h4-6,8-11,16-17,19H,3,7,12,18H2,1-2H3. The van der Waals surface area contributed by atoms with Gasteiger partial charge >= 0.3 is 0 Å². The van der Waals surface area contributed by atoms with E-state index >= 15 is 0 Å². The lowest BCUT2D eigenvalue weighted by molar-refractivity contribution is 0.0610. The van der Waals surface area contributed by atoms with Gasteiger partial charge in [0, 0.05) is 7.11 Å². The van der Waals surface area contributed by atoms with Crippen LogP contribution in [0.25, 0.3) is 10.8 Å². The minimum absolute atomic E-state index is 0.130. The van der Waals surface area contributed by atoms with Crippen LogP contribution in [0.2, 0.25) is 0 Å². The van der Waals surface area contributed by atoms with Crippen LogP contribution >= 0.6 is 0 Å². The molecule has 0 amide bonds. The monoisotopic (exact) mass is 272 g/mol. The van der Waals surface area contributed by atoms with Crippen molar-refractivity contribution in [2.45, 2.75) is 38.3 Å². The van der Waals surface area contributed by atoms with Crippen molar-refractivity contribution in [1.82, 2.24) is 5.43 Å². The van der Waals surface area contributed by atoms with Crippen LogP contribution in [0, 0.1) is 0 Å². The third-order valence-corrected chi connectivity index (χ3v) is 3.86. The van der Waals surface area contributed by atoms with Crippen molar-refractivity contribution in [3.63, 3.8) is 0 Å². The topological polar surface area (TPSA) is 47.3 Å². The van der Waals surface area contributed by atoms with Crippen molar-refractivity contribution < 1.29 is 4.74 Å². The predicted molar refractivity (Wildman–Crippen MR) is 84.5 cm³/mol. The van der Waals surface area contributed by atoms with Gasteiger partial charge in [-0.3, -0.25) is 11.3 Å². The van der Waals surface area contributed by atoms with Crippen LogP contribution in [0.15, 0.2) is 42.5 Å². The van der Waals surface area contributed by atoms with Gasteiger partial charge in [0.15, 0.2) is 0 Å². The van der Waals surface area contributed by atoms with Crippen LogP contribution in [0.1, 0.15) is 25.3 Å². The summed E-state index contributed by atoms with van der Waals surface area (Å²) in [6.07, 6.45) is 3.11. The maximum absolute atomic E-state index is 5.74. The van der Waals surface area contributed by atoms with E-state index in [2.05, 4.69) is 54.8 Å². The van der Waals surface area contributed by atoms with Crippen molar-refractivity contribution in [3.05, 3.63) is 48.0 Å². The molecule has 0 spiro atoms. The fourth-order valence-corrected chi connectivity index (χ4v) is 2.77. The van der Waals surface area contributed by atoms with Crippen molar-refractivity contribution in [2.75, 3.05) is 7.11 Å². The van der Waals surface area contributed by atoms with Crippen LogP contribution in [-0.4, -0.2) is 19.3 Å². The van der Waals surface area contributed by atoms with Gasteiger partial charge in [-0.1, -0.05) is 55.8 Å². The van der Waals surface area contributed by atoms with E-state index in [1.54, 1.807) is 7.11 Å². The number of nitrogens with two attached hydrogens (primary N) is 1. The van der Waals surface area contributed by atoms with Gasteiger partial charge in [-0.25, -0.2) is 0 Å². The zero-order chi connectivity index (χ0) is 14.4. The second-order valence-corrected chi connectivity index (χ2v) is 5.18. The zero-order valence-electron chi connectivity index (χ0n) is 12.3. The molecular formula is C17H24N2O. The highest BCUT2D eigenvalue weighted by Crippen LogP contribution is 2.21. The minimum atomic E-state index is 0.130. The maximum Gasteiger partial charge on any atom is 0.0740 e. The first-order valence-electron chi connectivity index (χ1n) is 7.25. The Morgan fingerprint density at radius 1 is 1.15 bits per heavy atom. The van der Waals surface area contributed by atoms with Gasteiger partial charge in [0.05, 0.1) is 12.1 Å². The van der Waals surface area contributed by atoms with Gasteiger partial charge in [0.2, 0.25) is 0 Å². The van der Waals surface area contributed by atoms with Crippen LogP contribution in [0.5, 0.6) is 0 Å². The molecule has 0 radical (unpaired) electrons. The number of fused-ring (bicyclic) bond motifs is 1. The van der Waals surface area contributed by atoms with Crippen molar-refractivity contribution >= 4 is 10.8 Å². The summed E-state index contributed by atoms with van der Waals surface area (Å²) in [5.41, 5.74) is 4.24. The first-order valence-corrected chi connectivity index (χ1v) is 7.25. The molecule has 0 fully saturated rings. The molecule has 3 nitrogen and oxygen atoms in total. The average molecular weight is 272 g/mol. The molecule has 0 heterocycles. The highest BCUT2D eigenvalue weighted by molar-refractivity contribution is 5.85. The van der Waals surface area contributed by atoms with Gasteiger partial charge in [0.25, 0.3) is 0 Å². The summed E-state index contributed by atoms with van der Waals surface area (Å²) in [7, 11) is 1.76. The van der Waals surface area contributed by atoms with Gasteiger partial charge in [-0.2, -0.15) is 0 Å². The van der Waals surface area contributed by atoms with Crippen LogP contribution in [0.3, 0.4) is 0 Å². The second kappa shape index (κ2) is 7.39. The first-order chi connectivity index (χ1) is 9.80. The molecule has 0 aliphatic rings. The Bertz CT molecular complexity index is 536. The maximum atomic E-state index is 5.74. The zero-order valence-corrected chi connectivity index (χ0v) is 12.3. The first kappa shape index (κ1) is 15.0. The molecule has 0 bridgehead atoms. The predicted octanol–water partition coefficient (Wildman–Crippen LogP) is 3.03. The molecule has 3 heteroatoms. The molecular weight excluding hydrogens is 248 g/mol. The Kier molecular flexibility index (Phi) is 5.53. The average Bonchev–Trinajstić information content (AvgIpc) is 2.50. The molecule has 2 rings (SSSR count). The molecule has 2 aromatic carbocycles. The van der Waals surface area contributed by atoms with Crippen LogP contribution in [0.4, 0.5) is 0 Å². The molecule has 108 valence electrons. The number of rotatable bonds is 7. The van der Waals surface area contributed by atoms with Crippen molar-refractivity contribution in [2.24, 2.45) is 5.84 Å². The largest absolute Gasteiger partial charge is 0.380 e. The van der Waals surface area contributed by atoms with E-state index < -0.39 is 0 Å². The molecule has 2 unspecified atom stereocenters. The Balaban J connectivity index is 2.25. The Morgan fingerprint density at radius 3 is 2.60 bits per heavy atom. The normalized spacial score (nSPS) is 14.3. The second-order valence-electron chi connectivity index (χ2n) is 5.18. The molecule has 3 N–H and O–H groups in total. The molecule has 0 saturated heterocycles. The molecule has 0 saturated carbocycles. The summed E-state index contributed by atoms with van der Waals surface area (Å²) in [4.78, 5) is 0. The Hall–Kier alpha value is -1.42. The van der Waals surface area contributed by atoms with E-state index in [4.69, 9.17) is 10.6 Å². The molecule has 0 aromatic heterocycles. The van der Waals surface area contributed by atoms with Gasteiger partial charge in [-0.15, -0.1) is 0 Å². The lowest BCUT2D eigenvalue weighted by Gasteiger charge is -2.25. The number of hydrazine groups is 1. The summed E-state index contributed by atoms with van der Waals surface area (Å²) < 4.78 is 5.59. The summed E-state index contributed by atoms with van der Waals surface area (Å²) in [6, 6.07) is 15.0. The molecule has 0 aliphatic carbocycles.